The summed E-state index contributed by atoms with van der Waals surface area (Å²) >= 11 is 0. The minimum absolute atomic E-state index is 0.210. The summed E-state index contributed by atoms with van der Waals surface area (Å²) in [7, 11) is 4.24. The van der Waals surface area contributed by atoms with Gasteiger partial charge in [-0.2, -0.15) is 0 Å². The first kappa shape index (κ1) is 18.8. The van der Waals surface area contributed by atoms with Crippen LogP contribution in [0, 0.1) is 0 Å². The Balaban J connectivity index is 3.33. The molecular formula is C15H34N2O2. The first-order chi connectivity index (χ1) is 8.75. The van der Waals surface area contributed by atoms with Crippen molar-refractivity contribution in [1.82, 2.24) is 9.80 Å². The molecule has 4 nitrogen and oxygen atoms in total. The normalized spacial score (nSPS) is 12.9. The van der Waals surface area contributed by atoms with Gasteiger partial charge in [-0.25, -0.2) is 0 Å². The summed E-state index contributed by atoms with van der Waals surface area (Å²) < 4.78 is 11.1. The monoisotopic (exact) mass is 274 g/mol. The van der Waals surface area contributed by atoms with Gasteiger partial charge in [-0.3, -0.25) is 4.90 Å². The van der Waals surface area contributed by atoms with Gasteiger partial charge in [0.1, 0.15) is 0 Å². The third kappa shape index (κ3) is 10.3. The third-order valence-corrected chi connectivity index (χ3v) is 3.56. The van der Waals surface area contributed by atoms with Gasteiger partial charge in [0.2, 0.25) is 0 Å². The molecule has 0 heterocycles. The van der Waals surface area contributed by atoms with Gasteiger partial charge in [0.25, 0.3) is 0 Å². The Kier molecular flexibility index (Phi) is 9.62. The van der Waals surface area contributed by atoms with Gasteiger partial charge >= 0.3 is 0 Å². The highest BCUT2D eigenvalue weighted by Crippen LogP contribution is 2.08. The minimum atomic E-state index is 0.210. The molecule has 4 heteroatoms. The molecule has 116 valence electrons. The molecule has 0 bridgehead atoms. The van der Waals surface area contributed by atoms with Crippen molar-refractivity contribution in [2.24, 2.45) is 0 Å². The second-order valence-corrected chi connectivity index (χ2v) is 6.39. The summed E-state index contributed by atoms with van der Waals surface area (Å²) in [6.07, 6.45) is 0. The van der Waals surface area contributed by atoms with Gasteiger partial charge in [0.05, 0.1) is 26.4 Å². The van der Waals surface area contributed by atoms with Crippen molar-refractivity contribution in [3.63, 3.8) is 0 Å². The van der Waals surface area contributed by atoms with Crippen LogP contribution < -0.4 is 0 Å². The smallest absolute Gasteiger partial charge is 0.0701 e. The van der Waals surface area contributed by atoms with E-state index in [1.807, 2.05) is 0 Å². The average Bonchev–Trinajstić information content (AvgIpc) is 2.30. The highest BCUT2D eigenvalue weighted by molar-refractivity contribution is 4.72. The topological polar surface area (TPSA) is 24.9 Å². The summed E-state index contributed by atoms with van der Waals surface area (Å²) in [5.74, 6) is 0. The molecule has 0 atom stereocenters. The van der Waals surface area contributed by atoms with Crippen molar-refractivity contribution >= 4 is 0 Å². The molecule has 19 heavy (non-hydrogen) atoms. The Bertz CT molecular complexity index is 215. The third-order valence-electron chi connectivity index (χ3n) is 3.56. The minimum Gasteiger partial charge on any atom is -0.378 e. The molecule has 0 aliphatic carbocycles. The molecule has 0 aromatic rings. The molecule has 0 spiro atoms. The van der Waals surface area contributed by atoms with Gasteiger partial charge in [-0.05, 0) is 48.7 Å². The molecule has 0 saturated carbocycles. The number of hydrogen-bond acceptors (Lipinski definition) is 4. The number of rotatable bonds is 10. The lowest BCUT2D eigenvalue weighted by Crippen LogP contribution is -2.40. The second-order valence-electron chi connectivity index (χ2n) is 6.39. The standard InChI is InChI=1S/C15H34N2O2/c1-14(2)16(6)8-10-18-12-13-19-11-9-17(7)15(3,4)5/h14H,8-13H2,1-7H3. The summed E-state index contributed by atoms with van der Waals surface area (Å²) in [5.41, 5.74) is 0.210. The summed E-state index contributed by atoms with van der Waals surface area (Å²) in [4.78, 5) is 4.57. The van der Waals surface area contributed by atoms with Crippen LogP contribution in [0.25, 0.3) is 0 Å². The molecule has 0 aromatic carbocycles. The van der Waals surface area contributed by atoms with E-state index in [-0.39, 0.29) is 5.54 Å². The molecule has 0 aromatic heterocycles. The number of hydrogen-bond donors (Lipinski definition) is 0. The van der Waals surface area contributed by atoms with Crippen LogP contribution in [-0.2, 0) is 9.47 Å². The Morgan fingerprint density at radius 1 is 0.842 bits per heavy atom. The Morgan fingerprint density at radius 3 is 1.74 bits per heavy atom. The molecule has 0 N–H and O–H groups in total. The lowest BCUT2D eigenvalue weighted by molar-refractivity contribution is 0.0255. The SMILES string of the molecule is CC(C)N(C)CCOCCOCCN(C)C(C)(C)C. The molecule has 0 saturated heterocycles. The predicted octanol–water partition coefficient (Wildman–Crippen LogP) is 2.09. The molecule has 0 rings (SSSR count). The van der Waals surface area contributed by atoms with Crippen LogP contribution in [0.3, 0.4) is 0 Å². The van der Waals surface area contributed by atoms with Crippen molar-refractivity contribution in [3.05, 3.63) is 0 Å². The maximum Gasteiger partial charge on any atom is 0.0701 e. The zero-order valence-electron chi connectivity index (χ0n) is 14.0. The van der Waals surface area contributed by atoms with Gasteiger partial charge in [-0.15, -0.1) is 0 Å². The van der Waals surface area contributed by atoms with Crippen LogP contribution in [0.2, 0.25) is 0 Å². The Morgan fingerprint density at radius 2 is 1.32 bits per heavy atom. The highest BCUT2D eigenvalue weighted by Gasteiger charge is 2.15. The first-order valence-electron chi connectivity index (χ1n) is 7.32. The van der Waals surface area contributed by atoms with Crippen molar-refractivity contribution in [2.45, 2.75) is 46.2 Å². The second kappa shape index (κ2) is 9.70. The van der Waals surface area contributed by atoms with Crippen LogP contribution in [-0.4, -0.2) is 75.0 Å². The van der Waals surface area contributed by atoms with E-state index in [4.69, 9.17) is 9.47 Å². The molecule has 0 fully saturated rings. The Hall–Kier alpha value is -0.160. The van der Waals surface area contributed by atoms with Crippen molar-refractivity contribution in [1.29, 1.82) is 0 Å². The fourth-order valence-electron chi connectivity index (χ4n) is 1.33. The van der Waals surface area contributed by atoms with Crippen LogP contribution in [0.4, 0.5) is 0 Å². The van der Waals surface area contributed by atoms with Gasteiger partial charge in [0.15, 0.2) is 0 Å². The van der Waals surface area contributed by atoms with E-state index in [9.17, 15) is 0 Å². The fourth-order valence-corrected chi connectivity index (χ4v) is 1.33. The van der Waals surface area contributed by atoms with E-state index in [2.05, 4.69) is 58.5 Å². The Labute approximate surface area is 120 Å². The van der Waals surface area contributed by atoms with E-state index < -0.39 is 0 Å². The molecule has 0 amide bonds. The summed E-state index contributed by atoms with van der Waals surface area (Å²) in [6.45, 7) is 15.9. The summed E-state index contributed by atoms with van der Waals surface area (Å²) in [5, 5.41) is 0. The van der Waals surface area contributed by atoms with Crippen molar-refractivity contribution < 1.29 is 9.47 Å². The number of ether oxygens (including phenoxy) is 2. The van der Waals surface area contributed by atoms with Gasteiger partial charge in [-0.1, -0.05) is 0 Å². The van der Waals surface area contributed by atoms with E-state index in [1.165, 1.54) is 0 Å². The quantitative estimate of drug-likeness (QED) is 0.570. The van der Waals surface area contributed by atoms with Crippen LogP contribution in [0.15, 0.2) is 0 Å². The van der Waals surface area contributed by atoms with Crippen molar-refractivity contribution in [2.75, 3.05) is 53.6 Å². The highest BCUT2D eigenvalue weighted by atomic mass is 16.5. The fraction of sp³-hybridized carbons (Fsp3) is 1.00. The lowest BCUT2D eigenvalue weighted by Gasteiger charge is -2.31. The average molecular weight is 274 g/mol. The number of nitrogens with zero attached hydrogens (tertiary/aromatic N) is 2. The van der Waals surface area contributed by atoms with Gasteiger partial charge in [0, 0.05) is 24.7 Å². The van der Waals surface area contributed by atoms with E-state index in [0.29, 0.717) is 19.3 Å². The van der Waals surface area contributed by atoms with Crippen molar-refractivity contribution in [3.8, 4) is 0 Å². The maximum absolute atomic E-state index is 5.57. The molecule has 0 aliphatic rings. The van der Waals surface area contributed by atoms with Gasteiger partial charge < -0.3 is 14.4 Å². The lowest BCUT2D eigenvalue weighted by atomic mass is 10.1. The van der Waals surface area contributed by atoms with Crippen LogP contribution >= 0.6 is 0 Å². The molecule has 0 aliphatic heterocycles. The maximum atomic E-state index is 5.57. The molecule has 0 radical (unpaired) electrons. The van der Waals surface area contributed by atoms with E-state index in [0.717, 1.165) is 26.3 Å². The largest absolute Gasteiger partial charge is 0.378 e. The first-order valence-corrected chi connectivity index (χ1v) is 7.32. The van der Waals surface area contributed by atoms with E-state index in [1.54, 1.807) is 0 Å². The van der Waals surface area contributed by atoms with Crippen LogP contribution in [0.1, 0.15) is 34.6 Å². The van der Waals surface area contributed by atoms with E-state index >= 15 is 0 Å². The van der Waals surface area contributed by atoms with Crippen LogP contribution in [0.5, 0.6) is 0 Å². The predicted molar refractivity (Wildman–Crippen MR) is 81.8 cm³/mol. The number of likely N-dealkylation sites (N-methyl/N-ethyl adjacent to an activating group) is 2. The zero-order valence-corrected chi connectivity index (χ0v) is 14.0. The molecule has 0 unspecified atom stereocenters. The zero-order chi connectivity index (χ0) is 14.9. The molecular weight excluding hydrogens is 240 g/mol. The summed E-state index contributed by atoms with van der Waals surface area (Å²) in [6, 6.07) is 0.577.